The van der Waals surface area contributed by atoms with Gasteiger partial charge >= 0.3 is 0 Å². The van der Waals surface area contributed by atoms with Gasteiger partial charge in [-0.1, -0.05) is 30.3 Å². The first-order valence-electron chi connectivity index (χ1n) is 8.03. The van der Waals surface area contributed by atoms with Crippen LogP contribution in [0.1, 0.15) is 18.5 Å². The van der Waals surface area contributed by atoms with E-state index in [2.05, 4.69) is 15.1 Å². The molecule has 3 aromatic rings. The van der Waals surface area contributed by atoms with Gasteiger partial charge in [-0.25, -0.2) is 0 Å². The number of aromatic amines is 1. The lowest BCUT2D eigenvalue weighted by atomic mass is 10.2. The average Bonchev–Trinajstić information content (AvgIpc) is 3.06. The number of nitrogens with zero attached hydrogens (tertiary/aromatic N) is 3. The summed E-state index contributed by atoms with van der Waals surface area (Å²) >= 11 is 1.97. The van der Waals surface area contributed by atoms with Gasteiger partial charge in [-0.15, -0.1) is 5.10 Å². The number of H-pyrrole nitrogens is 1. The molecule has 3 heterocycles. The van der Waals surface area contributed by atoms with Gasteiger partial charge in [0.1, 0.15) is 0 Å². The van der Waals surface area contributed by atoms with E-state index in [0.717, 1.165) is 35.6 Å². The summed E-state index contributed by atoms with van der Waals surface area (Å²) in [5.74, 6) is 3.26. The Kier molecular flexibility index (Phi) is 4.36. The smallest absolute Gasteiger partial charge is 0.275 e. The van der Waals surface area contributed by atoms with E-state index in [-0.39, 0.29) is 11.7 Å². The molecular weight excluding hydrogens is 324 g/mol. The summed E-state index contributed by atoms with van der Waals surface area (Å²) in [6.07, 6.45) is 2.42. The van der Waals surface area contributed by atoms with Crippen LogP contribution in [0.4, 0.5) is 0 Å². The minimum Gasteiger partial charge on any atom is -0.372 e. The SMILES string of the molecule is O=c1cc(COC2CCSCC2)[nH]c2nc(-c3ccccc3)nn12. The van der Waals surface area contributed by atoms with Gasteiger partial charge in [-0.3, -0.25) is 4.79 Å². The molecule has 1 N–H and O–H groups in total. The zero-order valence-electron chi connectivity index (χ0n) is 13.1. The second-order valence-corrected chi connectivity index (χ2v) is 7.02. The Bertz CT molecular complexity index is 884. The quantitative estimate of drug-likeness (QED) is 0.789. The number of benzene rings is 1. The van der Waals surface area contributed by atoms with E-state index in [1.54, 1.807) is 0 Å². The van der Waals surface area contributed by atoms with Crippen molar-refractivity contribution in [3.63, 3.8) is 0 Å². The lowest BCUT2D eigenvalue weighted by Crippen LogP contribution is -2.21. The second kappa shape index (κ2) is 6.78. The first-order valence-corrected chi connectivity index (χ1v) is 9.19. The van der Waals surface area contributed by atoms with Crippen molar-refractivity contribution < 1.29 is 4.74 Å². The summed E-state index contributed by atoms with van der Waals surface area (Å²) in [7, 11) is 0. The summed E-state index contributed by atoms with van der Waals surface area (Å²) in [4.78, 5) is 19.9. The fourth-order valence-corrected chi connectivity index (χ4v) is 3.84. The van der Waals surface area contributed by atoms with E-state index in [1.807, 2.05) is 42.1 Å². The van der Waals surface area contributed by atoms with Crippen LogP contribution in [-0.2, 0) is 11.3 Å². The summed E-state index contributed by atoms with van der Waals surface area (Å²) in [6.45, 7) is 0.397. The molecule has 0 spiro atoms. The number of hydrogen-bond acceptors (Lipinski definition) is 5. The van der Waals surface area contributed by atoms with Crippen LogP contribution >= 0.6 is 11.8 Å². The Morgan fingerprint density at radius 3 is 2.83 bits per heavy atom. The molecule has 0 bridgehead atoms. The molecule has 0 unspecified atom stereocenters. The van der Waals surface area contributed by atoms with Crippen LogP contribution < -0.4 is 5.56 Å². The lowest BCUT2D eigenvalue weighted by Gasteiger charge is -2.21. The van der Waals surface area contributed by atoms with E-state index >= 15 is 0 Å². The Morgan fingerprint density at radius 2 is 2.04 bits per heavy atom. The molecule has 7 heteroatoms. The molecule has 1 aliphatic heterocycles. The van der Waals surface area contributed by atoms with Crippen molar-refractivity contribution >= 4 is 17.5 Å². The maximum absolute atomic E-state index is 12.3. The highest BCUT2D eigenvalue weighted by atomic mass is 32.2. The lowest BCUT2D eigenvalue weighted by molar-refractivity contribution is 0.0338. The molecule has 0 radical (unpaired) electrons. The van der Waals surface area contributed by atoms with Crippen LogP contribution in [-0.4, -0.2) is 37.2 Å². The number of hydrogen-bond donors (Lipinski definition) is 1. The van der Waals surface area contributed by atoms with Gasteiger partial charge in [0, 0.05) is 17.3 Å². The van der Waals surface area contributed by atoms with E-state index in [4.69, 9.17) is 4.74 Å². The average molecular weight is 342 g/mol. The maximum Gasteiger partial charge on any atom is 0.275 e. The van der Waals surface area contributed by atoms with Crippen molar-refractivity contribution in [2.45, 2.75) is 25.6 Å². The number of aromatic nitrogens is 4. The highest BCUT2D eigenvalue weighted by Crippen LogP contribution is 2.20. The normalized spacial score (nSPS) is 15.8. The fourth-order valence-electron chi connectivity index (χ4n) is 2.77. The van der Waals surface area contributed by atoms with Crippen molar-refractivity contribution in [1.82, 2.24) is 19.6 Å². The van der Waals surface area contributed by atoms with Crippen LogP contribution in [0.15, 0.2) is 41.2 Å². The van der Waals surface area contributed by atoms with Crippen molar-refractivity contribution in [1.29, 1.82) is 0 Å². The molecule has 1 aliphatic rings. The monoisotopic (exact) mass is 342 g/mol. The zero-order chi connectivity index (χ0) is 16.4. The molecule has 0 saturated carbocycles. The van der Waals surface area contributed by atoms with Crippen LogP contribution in [0.25, 0.3) is 17.2 Å². The number of rotatable bonds is 4. The third kappa shape index (κ3) is 3.22. The largest absolute Gasteiger partial charge is 0.372 e. The van der Waals surface area contributed by atoms with Crippen LogP contribution in [0.2, 0.25) is 0 Å². The number of thioether (sulfide) groups is 1. The maximum atomic E-state index is 12.3. The van der Waals surface area contributed by atoms with Gasteiger partial charge in [0.25, 0.3) is 5.56 Å². The predicted molar refractivity (Wildman–Crippen MR) is 94.2 cm³/mol. The number of ether oxygens (including phenoxy) is 1. The minimum absolute atomic E-state index is 0.198. The number of nitrogens with one attached hydrogen (secondary N) is 1. The predicted octanol–water partition coefficient (Wildman–Crippen LogP) is 2.50. The molecule has 1 saturated heterocycles. The third-order valence-electron chi connectivity index (χ3n) is 4.06. The van der Waals surface area contributed by atoms with Gasteiger partial charge in [0.15, 0.2) is 5.82 Å². The van der Waals surface area contributed by atoms with E-state index in [0.29, 0.717) is 18.2 Å². The molecule has 2 aromatic heterocycles. The van der Waals surface area contributed by atoms with Crippen molar-refractivity contribution in [2.75, 3.05) is 11.5 Å². The summed E-state index contributed by atoms with van der Waals surface area (Å²) in [6, 6.07) is 11.2. The number of fused-ring (bicyclic) bond motifs is 1. The van der Waals surface area contributed by atoms with Gasteiger partial charge < -0.3 is 9.72 Å². The standard InChI is InChI=1S/C17H18N4O2S/c22-15-10-13(11-23-14-6-8-24-9-7-14)18-17-19-16(20-21(15)17)12-4-2-1-3-5-12/h1-5,10,14H,6-9,11H2,(H,18,19,20). The molecule has 1 aromatic carbocycles. The molecule has 0 aliphatic carbocycles. The molecule has 0 amide bonds. The van der Waals surface area contributed by atoms with Crippen LogP contribution in [0, 0.1) is 0 Å². The van der Waals surface area contributed by atoms with E-state index in [9.17, 15) is 4.79 Å². The topological polar surface area (TPSA) is 72.3 Å². The summed E-state index contributed by atoms with van der Waals surface area (Å²) in [5, 5.41) is 4.29. The molecule has 1 fully saturated rings. The molecule has 0 atom stereocenters. The highest BCUT2D eigenvalue weighted by molar-refractivity contribution is 7.99. The first kappa shape index (κ1) is 15.4. The van der Waals surface area contributed by atoms with Crippen LogP contribution in [0.3, 0.4) is 0 Å². The van der Waals surface area contributed by atoms with Gasteiger partial charge in [0.05, 0.1) is 12.7 Å². The summed E-state index contributed by atoms with van der Waals surface area (Å²) in [5.41, 5.74) is 1.42. The minimum atomic E-state index is -0.198. The van der Waals surface area contributed by atoms with Gasteiger partial charge in [-0.2, -0.15) is 21.3 Å². The van der Waals surface area contributed by atoms with E-state index in [1.165, 1.54) is 10.6 Å². The Labute approximate surface area is 143 Å². The molecular formula is C17H18N4O2S. The van der Waals surface area contributed by atoms with Crippen molar-refractivity contribution in [2.24, 2.45) is 0 Å². The molecule has 124 valence electrons. The molecule has 4 rings (SSSR count). The zero-order valence-corrected chi connectivity index (χ0v) is 14.0. The second-order valence-electron chi connectivity index (χ2n) is 5.79. The Balaban J connectivity index is 1.58. The van der Waals surface area contributed by atoms with Crippen molar-refractivity contribution in [3.8, 4) is 11.4 Å². The van der Waals surface area contributed by atoms with E-state index < -0.39 is 0 Å². The molecule has 6 nitrogen and oxygen atoms in total. The Morgan fingerprint density at radius 1 is 1.25 bits per heavy atom. The van der Waals surface area contributed by atoms with Gasteiger partial charge in [-0.05, 0) is 24.3 Å². The fraction of sp³-hybridized carbons (Fsp3) is 0.353. The van der Waals surface area contributed by atoms with Gasteiger partial charge in [0.2, 0.25) is 5.78 Å². The first-order chi connectivity index (χ1) is 11.8. The Hall–Kier alpha value is -2.12. The van der Waals surface area contributed by atoms with Crippen molar-refractivity contribution in [3.05, 3.63) is 52.4 Å². The highest BCUT2D eigenvalue weighted by Gasteiger charge is 2.15. The molecule has 24 heavy (non-hydrogen) atoms. The van der Waals surface area contributed by atoms with Crippen LogP contribution in [0.5, 0.6) is 0 Å². The third-order valence-corrected chi connectivity index (χ3v) is 5.11. The summed E-state index contributed by atoms with van der Waals surface area (Å²) < 4.78 is 7.22.